The van der Waals surface area contributed by atoms with E-state index in [1.165, 1.54) is 0 Å². The minimum Gasteiger partial charge on any atom is -0.398 e. The van der Waals surface area contributed by atoms with Crippen LogP contribution in [-0.2, 0) is 10.0 Å². The van der Waals surface area contributed by atoms with Crippen molar-refractivity contribution in [3.8, 4) is 0 Å². The molecule has 0 spiro atoms. The van der Waals surface area contributed by atoms with Crippen LogP contribution in [0, 0.1) is 5.92 Å². The summed E-state index contributed by atoms with van der Waals surface area (Å²) in [7, 11) is -3.73. The average molecular weight is 442 g/mol. The molecule has 0 bridgehead atoms. The van der Waals surface area contributed by atoms with Crippen molar-refractivity contribution in [2.24, 2.45) is 5.92 Å². The van der Waals surface area contributed by atoms with Gasteiger partial charge >= 0.3 is 0 Å². The molecule has 2 rings (SSSR count). The molecule has 0 saturated heterocycles. The van der Waals surface area contributed by atoms with Crippen molar-refractivity contribution in [3.05, 3.63) is 21.1 Å². The number of sulfonamides is 1. The maximum absolute atomic E-state index is 12.6. The van der Waals surface area contributed by atoms with Crippen LogP contribution >= 0.6 is 31.9 Å². The first kappa shape index (κ1) is 17.2. The fourth-order valence-corrected chi connectivity index (χ4v) is 6.11. The lowest BCUT2D eigenvalue weighted by molar-refractivity contribution is 0.164. The largest absolute Gasteiger partial charge is 0.398 e. The van der Waals surface area contributed by atoms with Crippen molar-refractivity contribution >= 4 is 47.6 Å². The molecule has 1 fully saturated rings. The molecule has 21 heavy (non-hydrogen) atoms. The van der Waals surface area contributed by atoms with Gasteiger partial charge in [0.15, 0.2) is 0 Å². The summed E-state index contributed by atoms with van der Waals surface area (Å²) in [6, 6.07) is 2.96. The number of hydrogen-bond donors (Lipinski definition) is 3. The average Bonchev–Trinajstić information content (AvgIpc) is 2.37. The summed E-state index contributed by atoms with van der Waals surface area (Å²) in [6.07, 6.45) is 3.55. The molecule has 2 atom stereocenters. The zero-order valence-corrected chi connectivity index (χ0v) is 15.3. The van der Waals surface area contributed by atoms with Gasteiger partial charge in [0.05, 0.1) is 5.69 Å². The highest BCUT2D eigenvalue weighted by Gasteiger charge is 2.31. The van der Waals surface area contributed by atoms with E-state index >= 15 is 0 Å². The predicted octanol–water partition coefficient (Wildman–Crippen LogP) is 2.62. The van der Waals surface area contributed by atoms with E-state index in [0.717, 1.165) is 25.7 Å². The van der Waals surface area contributed by atoms with Crippen LogP contribution < -0.4 is 10.5 Å². The van der Waals surface area contributed by atoms with Crippen molar-refractivity contribution in [1.82, 2.24) is 4.72 Å². The Hall–Kier alpha value is -0.150. The highest BCUT2D eigenvalue weighted by atomic mass is 79.9. The summed E-state index contributed by atoms with van der Waals surface area (Å²) in [5.41, 5.74) is 6.03. The van der Waals surface area contributed by atoms with Crippen LogP contribution in [0.4, 0.5) is 5.69 Å². The highest BCUT2D eigenvalue weighted by Crippen LogP contribution is 2.33. The monoisotopic (exact) mass is 440 g/mol. The third-order valence-electron chi connectivity index (χ3n) is 3.76. The van der Waals surface area contributed by atoms with Crippen LogP contribution in [0.2, 0.25) is 0 Å². The van der Waals surface area contributed by atoms with E-state index < -0.39 is 10.0 Å². The topological polar surface area (TPSA) is 92.4 Å². The van der Waals surface area contributed by atoms with Gasteiger partial charge in [-0.2, -0.15) is 0 Å². The van der Waals surface area contributed by atoms with E-state index in [2.05, 4.69) is 36.6 Å². The van der Waals surface area contributed by atoms with Gasteiger partial charge in [-0.3, -0.25) is 0 Å². The molecule has 0 aliphatic heterocycles. The van der Waals surface area contributed by atoms with E-state index in [1.54, 1.807) is 12.1 Å². The zero-order valence-electron chi connectivity index (χ0n) is 11.4. The molecule has 118 valence electrons. The summed E-state index contributed by atoms with van der Waals surface area (Å²) in [5.74, 6) is -0.0380. The van der Waals surface area contributed by atoms with Crippen molar-refractivity contribution in [3.63, 3.8) is 0 Å². The number of nitrogen functional groups attached to an aromatic ring is 1. The smallest absolute Gasteiger partial charge is 0.244 e. The van der Waals surface area contributed by atoms with Gasteiger partial charge < -0.3 is 10.8 Å². The van der Waals surface area contributed by atoms with E-state index in [0.29, 0.717) is 8.95 Å². The molecule has 1 aromatic carbocycles. The minimum atomic E-state index is -3.73. The number of nitrogens with two attached hydrogens (primary N) is 1. The van der Waals surface area contributed by atoms with Gasteiger partial charge in [-0.1, -0.05) is 28.8 Å². The molecule has 0 aromatic heterocycles. The molecule has 5 nitrogen and oxygen atoms in total. The molecule has 2 unspecified atom stereocenters. The van der Waals surface area contributed by atoms with Crippen molar-refractivity contribution < 1.29 is 13.5 Å². The molecule has 1 aliphatic carbocycles. The second kappa shape index (κ2) is 6.95. The van der Waals surface area contributed by atoms with Crippen molar-refractivity contribution in [2.75, 3.05) is 12.3 Å². The summed E-state index contributed by atoms with van der Waals surface area (Å²) in [5, 5.41) is 9.40. The number of nitrogens with one attached hydrogen (secondary N) is 1. The van der Waals surface area contributed by atoms with E-state index in [1.807, 2.05) is 0 Å². The van der Waals surface area contributed by atoms with Crippen LogP contribution in [0.3, 0.4) is 0 Å². The lowest BCUT2D eigenvalue weighted by Gasteiger charge is -2.30. The number of rotatable bonds is 4. The Labute approximate surface area is 141 Å². The van der Waals surface area contributed by atoms with Crippen molar-refractivity contribution in [2.45, 2.75) is 36.6 Å². The molecule has 0 radical (unpaired) electrons. The fourth-order valence-electron chi connectivity index (χ4n) is 2.70. The van der Waals surface area contributed by atoms with E-state index in [9.17, 15) is 13.5 Å². The number of halogens is 2. The van der Waals surface area contributed by atoms with Gasteiger partial charge in [0.25, 0.3) is 0 Å². The molecule has 8 heteroatoms. The summed E-state index contributed by atoms with van der Waals surface area (Å²) < 4.78 is 29.0. The Morgan fingerprint density at radius 2 is 1.95 bits per heavy atom. The Morgan fingerprint density at radius 3 is 2.57 bits per heavy atom. The van der Waals surface area contributed by atoms with Crippen LogP contribution in [0.25, 0.3) is 0 Å². The van der Waals surface area contributed by atoms with Gasteiger partial charge in [-0.25, -0.2) is 13.1 Å². The van der Waals surface area contributed by atoms with Crippen molar-refractivity contribution in [1.29, 1.82) is 0 Å². The lowest BCUT2D eigenvalue weighted by Crippen LogP contribution is -2.43. The Balaban J connectivity index is 2.30. The third-order valence-corrected chi connectivity index (χ3v) is 6.71. The van der Waals surface area contributed by atoms with Gasteiger partial charge in [-0.15, -0.1) is 0 Å². The maximum Gasteiger partial charge on any atom is 0.244 e. The van der Waals surface area contributed by atoms with E-state index in [4.69, 9.17) is 5.73 Å². The Bertz CT molecular complexity index is 599. The molecule has 1 aromatic rings. The maximum atomic E-state index is 12.6. The second-order valence-corrected chi connectivity index (χ2v) is 8.68. The highest BCUT2D eigenvalue weighted by molar-refractivity contribution is 9.11. The number of anilines is 1. The van der Waals surface area contributed by atoms with Crippen LogP contribution in [0.5, 0.6) is 0 Å². The fraction of sp³-hybridized carbons (Fsp3) is 0.538. The lowest BCUT2D eigenvalue weighted by atomic mass is 9.86. The standard InChI is InChI=1S/C13H18Br2N2O3S/c14-9-5-10(15)13(11(16)6-9)21(19,20)17-12-4-2-1-3-8(12)7-18/h5-6,8,12,17-18H,1-4,7,16H2. The van der Waals surface area contributed by atoms with Crippen LogP contribution in [0.15, 0.2) is 26.0 Å². The molecule has 1 saturated carbocycles. The van der Waals surface area contributed by atoms with Gasteiger partial charge in [0, 0.05) is 21.6 Å². The normalized spacial score (nSPS) is 23.2. The molecular weight excluding hydrogens is 424 g/mol. The molecule has 0 amide bonds. The van der Waals surface area contributed by atoms with Gasteiger partial charge in [0.1, 0.15) is 4.90 Å². The summed E-state index contributed by atoms with van der Waals surface area (Å²) in [6.45, 7) is -0.00975. The molecule has 0 heterocycles. The zero-order chi connectivity index (χ0) is 15.6. The minimum absolute atomic E-state index is 0.00975. The van der Waals surface area contributed by atoms with Gasteiger partial charge in [-0.05, 0) is 46.8 Å². The first-order valence-corrected chi connectivity index (χ1v) is 9.80. The number of benzene rings is 1. The summed E-state index contributed by atoms with van der Waals surface area (Å²) >= 11 is 6.53. The number of aliphatic hydroxyl groups excluding tert-OH is 1. The first-order chi connectivity index (χ1) is 9.85. The Kier molecular flexibility index (Phi) is 5.70. The SMILES string of the molecule is Nc1cc(Br)cc(Br)c1S(=O)(=O)NC1CCCCC1CO. The third kappa shape index (κ3) is 3.98. The van der Waals surface area contributed by atoms with Crippen LogP contribution in [-0.4, -0.2) is 26.2 Å². The molecule has 1 aliphatic rings. The summed E-state index contributed by atoms with van der Waals surface area (Å²) in [4.78, 5) is 0.0490. The number of hydrogen-bond acceptors (Lipinski definition) is 4. The quantitative estimate of drug-likeness (QED) is 0.626. The number of aliphatic hydroxyl groups is 1. The molecule has 4 N–H and O–H groups in total. The first-order valence-electron chi connectivity index (χ1n) is 6.73. The predicted molar refractivity (Wildman–Crippen MR) is 89.4 cm³/mol. The second-order valence-electron chi connectivity index (χ2n) is 5.26. The van der Waals surface area contributed by atoms with Crippen LogP contribution in [0.1, 0.15) is 25.7 Å². The molecular formula is C13H18Br2N2O3S. The van der Waals surface area contributed by atoms with E-state index in [-0.39, 0.29) is 29.1 Å². The Morgan fingerprint density at radius 1 is 1.29 bits per heavy atom. The van der Waals surface area contributed by atoms with Gasteiger partial charge in [0.2, 0.25) is 10.0 Å².